The van der Waals surface area contributed by atoms with Gasteiger partial charge in [0.2, 0.25) is 5.91 Å². The molecule has 0 aliphatic carbocycles. The molecule has 0 unspecified atom stereocenters. The van der Waals surface area contributed by atoms with Crippen LogP contribution < -0.4 is 10.6 Å². The lowest BCUT2D eigenvalue weighted by molar-refractivity contribution is -0.116. The molecule has 0 atom stereocenters. The first-order chi connectivity index (χ1) is 11.8. The van der Waals surface area contributed by atoms with Crippen LogP contribution in [0.5, 0.6) is 0 Å². The summed E-state index contributed by atoms with van der Waals surface area (Å²) in [6, 6.07) is 4.01. The second-order valence-electron chi connectivity index (χ2n) is 6.29. The number of sulfone groups is 1. The highest BCUT2D eigenvalue weighted by Crippen LogP contribution is 2.22. The van der Waals surface area contributed by atoms with Crippen LogP contribution in [0, 0.1) is 5.92 Å². The van der Waals surface area contributed by atoms with E-state index in [1.165, 1.54) is 25.3 Å². The number of halogens is 1. The number of carbonyl (C=O) groups excluding carboxylic acids is 2. The smallest absolute Gasteiger partial charge is 0.337 e. The Labute approximate surface area is 160 Å². The molecule has 1 aliphatic heterocycles. The van der Waals surface area contributed by atoms with Crippen LogP contribution in [0.4, 0.5) is 5.69 Å². The predicted octanol–water partition coefficient (Wildman–Crippen LogP) is 2.02. The van der Waals surface area contributed by atoms with E-state index in [2.05, 4.69) is 15.4 Å². The fourth-order valence-corrected chi connectivity index (χ4v) is 3.53. The molecule has 0 bridgehead atoms. The molecule has 146 valence electrons. The summed E-state index contributed by atoms with van der Waals surface area (Å²) < 4.78 is 28.2. The standard InChI is InChI=1S/C17H24N2O5S.ClH/c1-24-17(21)13-9-14(11-15(10-13)25(2,22)23)19-16(20)4-3-12-5-7-18-8-6-12;/h9-12,18H,3-8H2,1-2H3,(H,19,20);1H. The molecule has 0 radical (unpaired) electrons. The summed E-state index contributed by atoms with van der Waals surface area (Å²) in [5, 5.41) is 5.97. The minimum atomic E-state index is -3.52. The summed E-state index contributed by atoms with van der Waals surface area (Å²) in [4.78, 5) is 23.9. The van der Waals surface area contributed by atoms with Crippen molar-refractivity contribution in [2.24, 2.45) is 5.92 Å². The lowest BCUT2D eigenvalue weighted by Gasteiger charge is -2.22. The van der Waals surface area contributed by atoms with E-state index in [1.54, 1.807) is 0 Å². The highest BCUT2D eigenvalue weighted by atomic mass is 35.5. The molecule has 26 heavy (non-hydrogen) atoms. The first kappa shape index (κ1) is 22.4. The van der Waals surface area contributed by atoms with E-state index < -0.39 is 15.8 Å². The minimum Gasteiger partial charge on any atom is -0.465 e. The van der Waals surface area contributed by atoms with Crippen LogP contribution in [0.15, 0.2) is 23.1 Å². The maximum Gasteiger partial charge on any atom is 0.337 e. The zero-order valence-electron chi connectivity index (χ0n) is 14.9. The summed E-state index contributed by atoms with van der Waals surface area (Å²) in [6.45, 7) is 1.95. The van der Waals surface area contributed by atoms with Gasteiger partial charge in [0.05, 0.1) is 17.6 Å². The number of hydrogen-bond acceptors (Lipinski definition) is 6. The lowest BCUT2D eigenvalue weighted by Crippen LogP contribution is -2.28. The molecule has 1 aromatic carbocycles. The van der Waals surface area contributed by atoms with Crippen molar-refractivity contribution in [2.45, 2.75) is 30.6 Å². The van der Waals surface area contributed by atoms with Crippen LogP contribution in [-0.4, -0.2) is 46.7 Å². The zero-order valence-corrected chi connectivity index (χ0v) is 16.5. The minimum absolute atomic E-state index is 0. The normalized spacial score (nSPS) is 15.0. The molecule has 1 aromatic rings. The van der Waals surface area contributed by atoms with E-state index in [0.29, 0.717) is 12.3 Å². The van der Waals surface area contributed by atoms with Gasteiger partial charge in [0, 0.05) is 18.4 Å². The van der Waals surface area contributed by atoms with E-state index in [-0.39, 0.29) is 34.5 Å². The number of amides is 1. The lowest BCUT2D eigenvalue weighted by atomic mass is 9.93. The van der Waals surface area contributed by atoms with Gasteiger partial charge >= 0.3 is 5.97 Å². The quantitative estimate of drug-likeness (QED) is 0.703. The van der Waals surface area contributed by atoms with E-state index in [9.17, 15) is 18.0 Å². The molecule has 1 amide bonds. The van der Waals surface area contributed by atoms with Gasteiger partial charge in [-0.25, -0.2) is 13.2 Å². The molecule has 2 N–H and O–H groups in total. The first-order valence-corrected chi connectivity index (χ1v) is 10.1. The van der Waals surface area contributed by atoms with Crippen LogP contribution in [0.3, 0.4) is 0 Å². The van der Waals surface area contributed by atoms with Gasteiger partial charge < -0.3 is 15.4 Å². The van der Waals surface area contributed by atoms with Crippen LogP contribution in [0.2, 0.25) is 0 Å². The number of rotatable bonds is 6. The number of nitrogens with one attached hydrogen (secondary N) is 2. The fourth-order valence-electron chi connectivity index (χ4n) is 2.85. The van der Waals surface area contributed by atoms with Crippen molar-refractivity contribution in [2.75, 3.05) is 31.8 Å². The van der Waals surface area contributed by atoms with Gasteiger partial charge in [0.15, 0.2) is 9.84 Å². The maximum absolute atomic E-state index is 12.2. The molecular formula is C17H25ClN2O5S. The molecule has 2 rings (SSSR count). The van der Waals surface area contributed by atoms with Gasteiger partial charge in [-0.15, -0.1) is 12.4 Å². The Balaban J connectivity index is 0.00000338. The van der Waals surface area contributed by atoms with E-state index >= 15 is 0 Å². The van der Waals surface area contributed by atoms with Crippen molar-refractivity contribution < 1.29 is 22.7 Å². The summed E-state index contributed by atoms with van der Waals surface area (Å²) in [5.41, 5.74) is 0.359. The molecule has 0 saturated carbocycles. The Hall–Kier alpha value is -1.64. The van der Waals surface area contributed by atoms with E-state index in [4.69, 9.17) is 0 Å². The van der Waals surface area contributed by atoms with E-state index in [1.807, 2.05) is 0 Å². The number of methoxy groups -OCH3 is 1. The van der Waals surface area contributed by atoms with Crippen LogP contribution in [-0.2, 0) is 19.4 Å². The van der Waals surface area contributed by atoms with Gasteiger partial charge in [0.25, 0.3) is 0 Å². The molecule has 9 heteroatoms. The molecule has 7 nitrogen and oxygen atoms in total. The molecule has 1 saturated heterocycles. The second-order valence-corrected chi connectivity index (χ2v) is 8.31. The predicted molar refractivity (Wildman–Crippen MR) is 102 cm³/mol. The Morgan fingerprint density at radius 3 is 2.46 bits per heavy atom. The topological polar surface area (TPSA) is 102 Å². The largest absolute Gasteiger partial charge is 0.465 e. The Bertz CT molecular complexity index is 746. The van der Waals surface area contributed by atoms with Gasteiger partial charge in [-0.1, -0.05) is 0 Å². The molecular weight excluding hydrogens is 380 g/mol. The Morgan fingerprint density at radius 1 is 1.23 bits per heavy atom. The summed E-state index contributed by atoms with van der Waals surface area (Å²) in [5.74, 6) is -0.323. The van der Waals surface area contributed by atoms with Gasteiger partial charge in [-0.3, -0.25) is 4.79 Å². The second kappa shape index (κ2) is 9.89. The number of piperidine rings is 1. The van der Waals surface area contributed by atoms with Gasteiger partial charge in [0.1, 0.15) is 0 Å². The van der Waals surface area contributed by atoms with Crippen molar-refractivity contribution in [1.82, 2.24) is 5.32 Å². The third-order valence-corrected chi connectivity index (χ3v) is 5.37. The van der Waals surface area contributed by atoms with E-state index in [0.717, 1.165) is 38.6 Å². The number of esters is 1. The molecule has 1 heterocycles. The van der Waals surface area contributed by atoms with Crippen LogP contribution in [0.1, 0.15) is 36.0 Å². The van der Waals surface area contributed by atoms with Crippen molar-refractivity contribution >= 4 is 39.8 Å². The van der Waals surface area contributed by atoms with Crippen molar-refractivity contribution in [3.8, 4) is 0 Å². The summed E-state index contributed by atoms with van der Waals surface area (Å²) in [7, 11) is -2.31. The molecule has 0 spiro atoms. The summed E-state index contributed by atoms with van der Waals surface area (Å²) >= 11 is 0. The Morgan fingerprint density at radius 2 is 1.88 bits per heavy atom. The highest BCUT2D eigenvalue weighted by molar-refractivity contribution is 7.90. The average Bonchev–Trinajstić information content (AvgIpc) is 2.59. The maximum atomic E-state index is 12.2. The van der Waals surface area contributed by atoms with Crippen molar-refractivity contribution in [3.63, 3.8) is 0 Å². The fraction of sp³-hybridized carbons (Fsp3) is 0.529. The van der Waals surface area contributed by atoms with Gasteiger partial charge in [-0.2, -0.15) is 0 Å². The Kier molecular flexibility index (Phi) is 8.52. The molecule has 0 aromatic heterocycles. The first-order valence-electron chi connectivity index (χ1n) is 8.23. The van der Waals surface area contributed by atoms with Gasteiger partial charge in [-0.05, 0) is 56.5 Å². The highest BCUT2D eigenvalue weighted by Gasteiger charge is 2.17. The van der Waals surface area contributed by atoms with Crippen LogP contribution >= 0.6 is 12.4 Å². The molecule has 1 aliphatic rings. The number of anilines is 1. The average molecular weight is 405 g/mol. The number of ether oxygens (including phenoxy) is 1. The third kappa shape index (κ3) is 6.59. The molecule has 1 fully saturated rings. The third-order valence-electron chi connectivity index (χ3n) is 4.28. The monoisotopic (exact) mass is 404 g/mol. The summed E-state index contributed by atoms with van der Waals surface area (Å²) in [6.07, 6.45) is 4.32. The van der Waals surface area contributed by atoms with Crippen molar-refractivity contribution in [1.29, 1.82) is 0 Å². The number of benzene rings is 1. The van der Waals surface area contributed by atoms with Crippen molar-refractivity contribution in [3.05, 3.63) is 23.8 Å². The van der Waals surface area contributed by atoms with Crippen LogP contribution in [0.25, 0.3) is 0 Å². The zero-order chi connectivity index (χ0) is 18.4. The SMILES string of the molecule is COC(=O)c1cc(NC(=O)CCC2CCNCC2)cc(S(C)(=O)=O)c1.Cl. The number of hydrogen-bond donors (Lipinski definition) is 2. The number of carbonyl (C=O) groups is 2.